The predicted octanol–water partition coefficient (Wildman–Crippen LogP) is 11.0. The van der Waals surface area contributed by atoms with Gasteiger partial charge in [0.05, 0.1) is 11.1 Å². The van der Waals surface area contributed by atoms with Crippen molar-refractivity contribution in [2.45, 2.75) is 64.3 Å². The molecule has 44 heavy (non-hydrogen) atoms. The summed E-state index contributed by atoms with van der Waals surface area (Å²) < 4.78 is 0. The number of benzene rings is 2. The first kappa shape index (κ1) is 28.5. The Morgan fingerprint density at radius 1 is 0.955 bits per heavy atom. The van der Waals surface area contributed by atoms with E-state index in [2.05, 4.69) is 123 Å². The molecular weight excluding hydrogens is 532 g/mol. The molecule has 0 bridgehead atoms. The summed E-state index contributed by atoms with van der Waals surface area (Å²) in [5.74, 6) is 1.13. The van der Waals surface area contributed by atoms with Gasteiger partial charge in [0, 0.05) is 35.2 Å². The first-order chi connectivity index (χ1) is 21.6. The van der Waals surface area contributed by atoms with Gasteiger partial charge in [0.15, 0.2) is 0 Å². The third-order valence-corrected chi connectivity index (χ3v) is 9.83. The molecule has 2 heterocycles. The lowest BCUT2D eigenvalue weighted by Gasteiger charge is -2.38. The summed E-state index contributed by atoms with van der Waals surface area (Å²) in [7, 11) is 0. The molecule has 4 aliphatic rings. The molecule has 1 aliphatic heterocycles. The van der Waals surface area contributed by atoms with E-state index < -0.39 is 0 Å². The van der Waals surface area contributed by atoms with Crippen molar-refractivity contribution >= 4 is 22.2 Å². The highest BCUT2D eigenvalue weighted by molar-refractivity contribution is 6.07. The van der Waals surface area contributed by atoms with E-state index in [1.165, 1.54) is 75.8 Å². The lowest BCUT2D eigenvalue weighted by molar-refractivity contribution is 0.512. The molecule has 0 spiro atoms. The van der Waals surface area contributed by atoms with Crippen LogP contribution in [0.5, 0.6) is 0 Å². The highest BCUT2D eigenvalue weighted by Crippen LogP contribution is 2.46. The van der Waals surface area contributed by atoms with Crippen molar-refractivity contribution in [2.24, 2.45) is 16.8 Å². The fraction of sp³-hybridized carbons (Fsp3) is 0.286. The summed E-state index contributed by atoms with van der Waals surface area (Å²) in [4.78, 5) is 10.2. The first-order valence-electron chi connectivity index (χ1n) is 16.5. The van der Waals surface area contributed by atoms with Crippen molar-refractivity contribution < 1.29 is 0 Å². The second kappa shape index (κ2) is 12.4. The third kappa shape index (κ3) is 5.66. The molecule has 0 N–H and O–H groups in total. The standard InChI is InChI=1S/C42H42N2/c1-3-11-30-14-7-8-15-32(30)23-25-37-28-39(40-26-24-36(29-42(40,2)44-37)31-12-5-4-6-13-31)34-21-19-33(20-22-34)38-18-9-16-35-17-10-27-43-41(35)38/h4-6,8-10,12,15-24,26-28,30-31H,3,7,11,13-14,25,29H2,1-2H3/b32-23-/t30?,31-,42?/m0/s1. The van der Waals surface area contributed by atoms with Gasteiger partial charge < -0.3 is 0 Å². The Labute approximate surface area is 262 Å². The second-order valence-electron chi connectivity index (χ2n) is 12.9. The lowest BCUT2D eigenvalue weighted by atomic mass is 9.71. The Morgan fingerprint density at radius 3 is 2.66 bits per heavy atom. The van der Waals surface area contributed by atoms with Crippen LogP contribution in [0.3, 0.4) is 0 Å². The predicted molar refractivity (Wildman–Crippen MR) is 188 cm³/mol. The van der Waals surface area contributed by atoms with Crippen molar-refractivity contribution in [2.75, 3.05) is 0 Å². The van der Waals surface area contributed by atoms with Gasteiger partial charge in [0.1, 0.15) is 0 Å². The molecular formula is C42H42N2. The molecule has 2 nitrogen and oxygen atoms in total. The monoisotopic (exact) mass is 574 g/mol. The minimum atomic E-state index is -0.277. The molecule has 2 unspecified atom stereocenters. The fourth-order valence-electron chi connectivity index (χ4n) is 7.55. The van der Waals surface area contributed by atoms with Gasteiger partial charge in [-0.1, -0.05) is 122 Å². The quantitative estimate of drug-likeness (QED) is 0.275. The van der Waals surface area contributed by atoms with Crippen LogP contribution in [-0.4, -0.2) is 16.2 Å². The number of para-hydroxylation sites is 1. The lowest BCUT2D eigenvalue weighted by Crippen LogP contribution is -2.33. The van der Waals surface area contributed by atoms with Gasteiger partial charge in [-0.25, -0.2) is 0 Å². The number of nitrogens with zero attached hydrogens (tertiary/aromatic N) is 2. The molecule has 3 aromatic rings. The number of pyridine rings is 1. The molecule has 3 aliphatic carbocycles. The zero-order valence-electron chi connectivity index (χ0n) is 26.0. The number of fused-ring (bicyclic) bond motifs is 2. The summed E-state index contributed by atoms with van der Waals surface area (Å²) in [6.07, 6.45) is 33.0. The summed E-state index contributed by atoms with van der Waals surface area (Å²) in [6.45, 7) is 4.66. The van der Waals surface area contributed by atoms with Crippen LogP contribution < -0.4 is 0 Å². The van der Waals surface area contributed by atoms with Crippen LogP contribution in [0.25, 0.3) is 27.6 Å². The first-order valence-corrected chi connectivity index (χ1v) is 16.5. The molecule has 2 aromatic carbocycles. The van der Waals surface area contributed by atoms with Crippen molar-refractivity contribution in [1.82, 2.24) is 4.98 Å². The molecule has 1 aromatic heterocycles. The smallest absolute Gasteiger partial charge is 0.0875 e. The number of aliphatic imine (C=N–C) groups is 1. The Kier molecular flexibility index (Phi) is 8.00. The largest absolute Gasteiger partial charge is 0.278 e. The number of allylic oxidation sites excluding steroid dienone is 11. The zero-order chi connectivity index (χ0) is 29.9. The fourth-order valence-corrected chi connectivity index (χ4v) is 7.55. The Morgan fingerprint density at radius 2 is 1.82 bits per heavy atom. The number of dihydropyridines is 1. The molecule has 2 heteroatoms. The molecule has 220 valence electrons. The Balaban J connectivity index is 1.26. The van der Waals surface area contributed by atoms with Crippen LogP contribution in [0.4, 0.5) is 0 Å². The molecule has 0 saturated heterocycles. The van der Waals surface area contributed by atoms with Crippen LogP contribution in [-0.2, 0) is 0 Å². The zero-order valence-corrected chi connectivity index (χ0v) is 26.0. The summed E-state index contributed by atoms with van der Waals surface area (Å²) in [5, 5.41) is 1.17. The van der Waals surface area contributed by atoms with Crippen molar-refractivity contribution in [3.05, 3.63) is 144 Å². The summed E-state index contributed by atoms with van der Waals surface area (Å²) in [6, 6.07) is 19.7. The van der Waals surface area contributed by atoms with Crippen LogP contribution >= 0.6 is 0 Å². The van der Waals surface area contributed by atoms with E-state index in [9.17, 15) is 0 Å². The number of hydrogen-bond donors (Lipinski definition) is 0. The van der Waals surface area contributed by atoms with Crippen molar-refractivity contribution in [1.29, 1.82) is 0 Å². The van der Waals surface area contributed by atoms with E-state index in [1.807, 2.05) is 12.3 Å². The average Bonchev–Trinajstić information content (AvgIpc) is 3.07. The van der Waals surface area contributed by atoms with Crippen LogP contribution in [0.15, 0.2) is 143 Å². The summed E-state index contributed by atoms with van der Waals surface area (Å²) >= 11 is 0. The van der Waals surface area contributed by atoms with Gasteiger partial charge in [0.25, 0.3) is 0 Å². The van der Waals surface area contributed by atoms with E-state index >= 15 is 0 Å². The van der Waals surface area contributed by atoms with Gasteiger partial charge in [-0.2, -0.15) is 0 Å². The van der Waals surface area contributed by atoms with Crippen LogP contribution in [0.1, 0.15) is 64.4 Å². The maximum atomic E-state index is 5.52. The van der Waals surface area contributed by atoms with E-state index in [4.69, 9.17) is 9.98 Å². The summed E-state index contributed by atoms with van der Waals surface area (Å²) in [5.41, 5.74) is 11.2. The van der Waals surface area contributed by atoms with Crippen LogP contribution in [0.2, 0.25) is 0 Å². The highest BCUT2D eigenvalue weighted by atomic mass is 14.9. The van der Waals surface area contributed by atoms with Gasteiger partial charge >= 0.3 is 0 Å². The van der Waals surface area contributed by atoms with E-state index in [-0.39, 0.29) is 5.54 Å². The Hall–Kier alpha value is -4.30. The number of aromatic nitrogens is 1. The van der Waals surface area contributed by atoms with E-state index in [0.29, 0.717) is 11.8 Å². The number of rotatable bonds is 7. The normalized spacial score (nSPS) is 25.4. The minimum Gasteiger partial charge on any atom is -0.278 e. The molecule has 0 amide bonds. The van der Waals surface area contributed by atoms with Crippen molar-refractivity contribution in [3.63, 3.8) is 0 Å². The molecule has 7 rings (SSSR count). The topological polar surface area (TPSA) is 25.2 Å². The minimum absolute atomic E-state index is 0.277. The van der Waals surface area contributed by atoms with Crippen LogP contribution in [0, 0.1) is 11.8 Å². The SMILES string of the molecule is CCCC1CCC=C/C1=C/CC1=NC2(C)CC([C@H]3C=CC=CC3)=CC=C2C(c2ccc(-c3cccc4cccnc34)cc2)=C1. The van der Waals surface area contributed by atoms with E-state index in [0.717, 1.165) is 24.8 Å². The van der Waals surface area contributed by atoms with E-state index in [1.54, 1.807) is 0 Å². The number of hydrogen-bond acceptors (Lipinski definition) is 2. The molecule has 0 saturated carbocycles. The second-order valence-corrected chi connectivity index (χ2v) is 12.9. The van der Waals surface area contributed by atoms with Gasteiger partial charge in [-0.3, -0.25) is 9.98 Å². The van der Waals surface area contributed by atoms with Gasteiger partial charge in [-0.05, 0) is 84.9 Å². The molecule has 0 fully saturated rings. The highest BCUT2D eigenvalue weighted by Gasteiger charge is 2.38. The third-order valence-electron chi connectivity index (χ3n) is 9.83. The Bertz CT molecular complexity index is 1800. The molecule has 3 atom stereocenters. The van der Waals surface area contributed by atoms with Crippen molar-refractivity contribution in [3.8, 4) is 11.1 Å². The van der Waals surface area contributed by atoms with Gasteiger partial charge in [-0.15, -0.1) is 0 Å². The van der Waals surface area contributed by atoms with Gasteiger partial charge in [0.2, 0.25) is 0 Å². The maximum Gasteiger partial charge on any atom is 0.0875 e. The maximum absolute atomic E-state index is 5.52. The molecule has 0 radical (unpaired) electrons. The average molecular weight is 575 g/mol.